The Hall–Kier alpha value is -3.70. The third-order valence-corrected chi connectivity index (χ3v) is 12.9. The summed E-state index contributed by atoms with van der Waals surface area (Å²) in [5.41, 5.74) is 1.15. The number of halogens is 4. The van der Waals surface area contributed by atoms with Gasteiger partial charge < -0.3 is 25.0 Å². The Balaban J connectivity index is 1.12. The largest absolute Gasteiger partial charge is 0.508 e. The van der Waals surface area contributed by atoms with E-state index in [1.165, 1.54) is 12.1 Å². The summed E-state index contributed by atoms with van der Waals surface area (Å²) in [6.07, 6.45) is 5.54. The lowest BCUT2D eigenvalue weighted by Crippen LogP contribution is -2.51. The van der Waals surface area contributed by atoms with Crippen LogP contribution in [0.3, 0.4) is 0 Å². The normalized spacial score (nSPS) is 24.3. The summed E-state index contributed by atoms with van der Waals surface area (Å²) in [6, 6.07) is 8.88. The Morgan fingerprint density at radius 2 is 1.71 bits per heavy atom. The predicted molar refractivity (Wildman–Crippen MR) is 195 cm³/mol. The van der Waals surface area contributed by atoms with Crippen molar-refractivity contribution in [2.75, 3.05) is 44.2 Å². The van der Waals surface area contributed by atoms with E-state index in [2.05, 4.69) is 15.1 Å². The maximum Gasteiger partial charge on any atom is 0.319 e. The summed E-state index contributed by atoms with van der Waals surface area (Å²) in [6.45, 7) is 9.82. The van der Waals surface area contributed by atoms with Crippen molar-refractivity contribution in [2.45, 2.75) is 96.1 Å². The molecule has 0 amide bonds. The lowest BCUT2D eigenvalue weighted by Gasteiger charge is -2.35. The average molecular weight is 718 g/mol. The molecule has 3 saturated heterocycles. The van der Waals surface area contributed by atoms with Crippen LogP contribution in [0, 0.1) is 22.5 Å². The van der Waals surface area contributed by atoms with Crippen molar-refractivity contribution in [2.24, 2.45) is 10.8 Å². The number of rotatable bonds is 9. The number of phenols is 1. The van der Waals surface area contributed by atoms with Crippen molar-refractivity contribution in [3.63, 3.8) is 0 Å². The van der Waals surface area contributed by atoms with Gasteiger partial charge in [-0.25, -0.2) is 17.6 Å². The van der Waals surface area contributed by atoms with Gasteiger partial charge in [-0.15, -0.1) is 0 Å². The fourth-order valence-electron chi connectivity index (χ4n) is 9.54. The van der Waals surface area contributed by atoms with E-state index >= 15 is 8.78 Å². The molecular weight excluding hydrogens is 670 g/mol. The van der Waals surface area contributed by atoms with Crippen molar-refractivity contribution < 1.29 is 27.4 Å². The first-order chi connectivity index (χ1) is 24.9. The van der Waals surface area contributed by atoms with Crippen LogP contribution < -0.4 is 15.0 Å². The molecule has 9 rings (SSSR count). The third kappa shape index (κ3) is 5.68. The van der Waals surface area contributed by atoms with Crippen molar-refractivity contribution in [1.29, 1.82) is 0 Å². The number of aryl methyl sites for hydroxylation is 1. The van der Waals surface area contributed by atoms with Crippen LogP contribution in [0.15, 0.2) is 30.3 Å². The topological polar surface area (TPSA) is 73.8 Å². The first-order valence-corrected chi connectivity index (χ1v) is 19.1. The van der Waals surface area contributed by atoms with E-state index in [1.54, 1.807) is 12.1 Å². The van der Waals surface area contributed by atoms with Crippen LogP contribution in [0.1, 0.15) is 82.8 Å². The highest BCUT2D eigenvalue weighted by Crippen LogP contribution is 2.66. The van der Waals surface area contributed by atoms with Gasteiger partial charge in [-0.2, -0.15) is 9.97 Å². The maximum absolute atomic E-state index is 17.6. The number of piperidine rings is 1. The number of nitrogens with zero attached hydrogens (tertiary/aromatic N) is 4. The summed E-state index contributed by atoms with van der Waals surface area (Å²) in [5, 5.41) is 16.4. The number of alkyl halides is 2. The monoisotopic (exact) mass is 717 g/mol. The van der Waals surface area contributed by atoms with Crippen molar-refractivity contribution in [3.05, 3.63) is 53.1 Å². The minimum absolute atomic E-state index is 0.0214. The number of fused-ring (bicyclic) bond motifs is 4. The molecule has 52 heavy (non-hydrogen) atoms. The number of aromatic nitrogens is 2. The lowest BCUT2D eigenvalue weighted by atomic mass is 9.86. The smallest absolute Gasteiger partial charge is 0.319 e. The first kappa shape index (κ1) is 34.1. The van der Waals surface area contributed by atoms with Gasteiger partial charge in [0, 0.05) is 59.9 Å². The second-order valence-electron chi connectivity index (χ2n) is 16.8. The Labute approximate surface area is 301 Å². The van der Waals surface area contributed by atoms with Crippen LogP contribution in [0.4, 0.5) is 23.4 Å². The number of hydrogen-bond acceptors (Lipinski definition) is 7. The number of phenolic OH excluding ortho intramolecular Hbond substituents is 1. The van der Waals surface area contributed by atoms with Gasteiger partial charge in [-0.3, -0.25) is 0 Å². The van der Waals surface area contributed by atoms with E-state index in [1.807, 2.05) is 26.8 Å². The molecule has 276 valence electrons. The number of benzene rings is 3. The number of anilines is 1. The third-order valence-electron chi connectivity index (χ3n) is 12.9. The van der Waals surface area contributed by atoms with Crippen LogP contribution >= 0.6 is 0 Å². The number of piperazine rings is 1. The fourth-order valence-corrected chi connectivity index (χ4v) is 9.54. The van der Waals surface area contributed by atoms with Gasteiger partial charge >= 0.3 is 6.01 Å². The Morgan fingerprint density at radius 1 is 1.00 bits per heavy atom. The number of hydrogen-bond donors (Lipinski definition) is 2. The van der Waals surface area contributed by atoms with Gasteiger partial charge in [0.25, 0.3) is 5.92 Å². The average Bonchev–Trinajstić information content (AvgIpc) is 3.96. The molecule has 2 atom stereocenters. The zero-order chi connectivity index (χ0) is 36.2. The number of aromatic hydroxyl groups is 1. The van der Waals surface area contributed by atoms with Gasteiger partial charge in [0.15, 0.2) is 5.82 Å². The van der Waals surface area contributed by atoms with Crippen LogP contribution in [0.2, 0.25) is 0 Å². The summed E-state index contributed by atoms with van der Waals surface area (Å²) in [7, 11) is 0. The van der Waals surface area contributed by atoms with E-state index in [9.17, 15) is 13.9 Å². The van der Waals surface area contributed by atoms with Crippen LogP contribution in [0.5, 0.6) is 11.8 Å². The predicted octanol–water partition coefficient (Wildman–Crippen LogP) is 8.34. The molecule has 5 fully saturated rings. The highest BCUT2D eigenvalue weighted by atomic mass is 19.3. The van der Waals surface area contributed by atoms with Crippen LogP contribution in [0.25, 0.3) is 32.8 Å². The number of nitrogens with one attached hydrogen (secondary N) is 1. The molecule has 3 aromatic carbocycles. The molecule has 2 unspecified atom stereocenters. The summed E-state index contributed by atoms with van der Waals surface area (Å²) in [4.78, 5) is 14.3. The molecular formula is C41H47F4N5O2. The molecule has 2 saturated carbocycles. The van der Waals surface area contributed by atoms with Crippen molar-refractivity contribution >= 4 is 27.5 Å². The second kappa shape index (κ2) is 12.2. The molecule has 5 aliphatic rings. The Kier molecular flexibility index (Phi) is 7.98. The van der Waals surface area contributed by atoms with E-state index in [0.29, 0.717) is 89.7 Å². The molecule has 3 aliphatic heterocycles. The molecule has 7 nitrogen and oxygen atoms in total. The van der Waals surface area contributed by atoms with Gasteiger partial charge in [0.1, 0.15) is 22.9 Å². The SMILES string of the molecule is CCc1c(F)ccc2cc(O)cc(-c3c(C(C)C)cc4c(N5CC6CCC(C5)N6)nc(OCC5(CN6CCC7(CC6)CC7(F)F)CC5)nc4c3F)c12. The van der Waals surface area contributed by atoms with E-state index < -0.39 is 17.2 Å². The first-order valence-electron chi connectivity index (χ1n) is 19.1. The van der Waals surface area contributed by atoms with Crippen LogP contribution in [-0.2, 0) is 6.42 Å². The van der Waals surface area contributed by atoms with E-state index in [4.69, 9.17) is 14.7 Å². The highest BCUT2D eigenvalue weighted by molar-refractivity contribution is 6.04. The molecule has 4 aromatic rings. The van der Waals surface area contributed by atoms with Gasteiger partial charge in [0.2, 0.25) is 0 Å². The zero-order valence-electron chi connectivity index (χ0n) is 30.2. The summed E-state index contributed by atoms with van der Waals surface area (Å²) in [5.74, 6) is -2.93. The minimum Gasteiger partial charge on any atom is -0.508 e. The van der Waals surface area contributed by atoms with Crippen LogP contribution in [-0.4, -0.2) is 77.3 Å². The van der Waals surface area contributed by atoms with E-state index in [-0.39, 0.29) is 40.8 Å². The molecule has 2 aliphatic carbocycles. The molecule has 4 heterocycles. The standard InChI is InChI=1S/C41H47F4N5O2/c1-4-28-32(42)8-5-24-15-27(51)16-30(33(24)28)34-29(23(2)3)17-31-36(35(34)43)47-38(48-37(31)50-18-25-6-7-26(19-50)46-25)52-22-39(9-10-39)21-49-13-11-40(12-14-49)20-41(40,44)45/h5,8,15-17,23,25-26,46,51H,4,6-7,9-14,18-22H2,1-3H3. The van der Waals surface area contributed by atoms with Gasteiger partial charge in [-0.05, 0) is 116 Å². The van der Waals surface area contributed by atoms with Crippen molar-refractivity contribution in [3.8, 4) is 22.9 Å². The molecule has 2 bridgehead atoms. The molecule has 1 aromatic heterocycles. The molecule has 1 spiro atoms. The quantitative estimate of drug-likeness (QED) is 0.169. The minimum atomic E-state index is -2.51. The fraction of sp³-hybridized carbons (Fsp3) is 0.561. The number of likely N-dealkylation sites (tertiary alicyclic amines) is 1. The Morgan fingerprint density at radius 3 is 2.35 bits per heavy atom. The summed E-state index contributed by atoms with van der Waals surface area (Å²) < 4.78 is 67.3. The lowest BCUT2D eigenvalue weighted by molar-refractivity contribution is 0.0252. The number of ether oxygens (including phenoxy) is 1. The second-order valence-corrected chi connectivity index (χ2v) is 16.8. The van der Waals surface area contributed by atoms with Gasteiger partial charge in [-0.1, -0.05) is 26.8 Å². The molecule has 11 heteroatoms. The van der Waals surface area contributed by atoms with E-state index in [0.717, 1.165) is 50.9 Å². The molecule has 0 radical (unpaired) electrons. The van der Waals surface area contributed by atoms with Crippen molar-refractivity contribution in [1.82, 2.24) is 20.2 Å². The summed E-state index contributed by atoms with van der Waals surface area (Å²) >= 11 is 0. The Bertz CT molecular complexity index is 2060. The molecule has 2 N–H and O–H groups in total. The maximum atomic E-state index is 17.6. The highest BCUT2D eigenvalue weighted by Gasteiger charge is 2.70. The zero-order valence-corrected chi connectivity index (χ0v) is 30.2. The van der Waals surface area contributed by atoms with Gasteiger partial charge in [0.05, 0.1) is 6.61 Å².